The van der Waals surface area contributed by atoms with E-state index in [0.29, 0.717) is 6.54 Å². The molecule has 0 aliphatic heterocycles. The van der Waals surface area contributed by atoms with Crippen molar-refractivity contribution in [2.24, 2.45) is 5.41 Å². The molecule has 4 heteroatoms. The van der Waals surface area contributed by atoms with Gasteiger partial charge in [-0.05, 0) is 36.3 Å². The van der Waals surface area contributed by atoms with E-state index in [-0.39, 0.29) is 5.41 Å². The van der Waals surface area contributed by atoms with Crippen LogP contribution in [0.4, 0.5) is 0 Å². The topological polar surface area (TPSA) is 50.9 Å². The Morgan fingerprint density at radius 1 is 1.27 bits per heavy atom. The Kier molecular flexibility index (Phi) is 3.65. The van der Waals surface area contributed by atoms with E-state index >= 15 is 0 Å². The summed E-state index contributed by atoms with van der Waals surface area (Å²) < 4.78 is 1.72. The molecule has 1 fully saturated rings. The summed E-state index contributed by atoms with van der Waals surface area (Å²) in [6, 6.07) is 8.40. The highest BCUT2D eigenvalue weighted by atomic mass is 16.3. The van der Waals surface area contributed by atoms with Crippen LogP contribution in [0, 0.1) is 12.3 Å². The molecule has 1 aromatic heterocycles. The number of benzene rings is 1. The Hall–Kier alpha value is -1.94. The average Bonchev–Trinajstić information content (AvgIpc) is 3.04. The lowest BCUT2D eigenvalue weighted by Gasteiger charge is -2.37. The highest BCUT2D eigenvalue weighted by Gasteiger charge is 2.51. The first-order valence-corrected chi connectivity index (χ1v) is 7.73. The quantitative estimate of drug-likeness (QED) is 0.946. The second-order valence-corrected chi connectivity index (χ2v) is 6.92. The van der Waals surface area contributed by atoms with Gasteiger partial charge in [-0.1, -0.05) is 49.8 Å². The van der Waals surface area contributed by atoms with Crippen LogP contribution < -0.4 is 0 Å². The van der Waals surface area contributed by atoms with E-state index in [1.807, 2.05) is 0 Å². The summed E-state index contributed by atoms with van der Waals surface area (Å²) in [5.41, 5.74) is 2.38. The Labute approximate surface area is 131 Å². The summed E-state index contributed by atoms with van der Waals surface area (Å²) in [6.45, 7) is 6.77. The standard InChI is InChI=1S/C18H23N3O/c1-14-4-6-15(7-5-14)10-16-8-9-17(2,3)18(16,22)11-21-13-19-12-20-21/h4-7,10,12-13,22H,8-9,11H2,1-3H3/b16-10+. The van der Waals surface area contributed by atoms with Crippen LogP contribution in [0.5, 0.6) is 0 Å². The zero-order valence-electron chi connectivity index (χ0n) is 13.5. The second-order valence-electron chi connectivity index (χ2n) is 6.92. The summed E-state index contributed by atoms with van der Waals surface area (Å²) in [7, 11) is 0. The molecule has 116 valence electrons. The summed E-state index contributed by atoms with van der Waals surface area (Å²) in [5.74, 6) is 0. The summed E-state index contributed by atoms with van der Waals surface area (Å²) in [5, 5.41) is 15.6. The Morgan fingerprint density at radius 3 is 2.64 bits per heavy atom. The normalized spacial score (nSPS) is 25.7. The van der Waals surface area contributed by atoms with Crippen LogP contribution in [0.2, 0.25) is 0 Å². The van der Waals surface area contributed by atoms with Gasteiger partial charge in [0, 0.05) is 0 Å². The van der Waals surface area contributed by atoms with Crippen molar-refractivity contribution in [2.75, 3.05) is 0 Å². The molecule has 0 bridgehead atoms. The lowest BCUT2D eigenvalue weighted by molar-refractivity contribution is -0.0298. The van der Waals surface area contributed by atoms with Crippen molar-refractivity contribution in [1.29, 1.82) is 0 Å². The zero-order valence-corrected chi connectivity index (χ0v) is 13.5. The molecule has 1 unspecified atom stereocenters. The minimum Gasteiger partial charge on any atom is -0.383 e. The first-order chi connectivity index (χ1) is 10.4. The maximum atomic E-state index is 11.4. The number of aromatic nitrogens is 3. The number of hydrogen-bond donors (Lipinski definition) is 1. The van der Waals surface area contributed by atoms with E-state index in [4.69, 9.17) is 0 Å². The molecule has 1 aromatic carbocycles. The number of hydrogen-bond acceptors (Lipinski definition) is 3. The summed E-state index contributed by atoms with van der Waals surface area (Å²) >= 11 is 0. The molecule has 1 saturated carbocycles. The van der Waals surface area contributed by atoms with Crippen molar-refractivity contribution in [2.45, 2.75) is 45.8 Å². The smallest absolute Gasteiger partial charge is 0.137 e. The van der Waals surface area contributed by atoms with Crippen molar-refractivity contribution in [1.82, 2.24) is 14.8 Å². The highest BCUT2D eigenvalue weighted by Crippen LogP contribution is 2.50. The van der Waals surface area contributed by atoms with Gasteiger partial charge in [0.25, 0.3) is 0 Å². The largest absolute Gasteiger partial charge is 0.383 e. The van der Waals surface area contributed by atoms with Gasteiger partial charge in [-0.15, -0.1) is 0 Å². The number of nitrogens with zero attached hydrogens (tertiary/aromatic N) is 3. The SMILES string of the molecule is Cc1ccc(/C=C2\CCC(C)(C)C2(O)Cn2cncn2)cc1. The minimum atomic E-state index is -0.897. The molecule has 22 heavy (non-hydrogen) atoms. The van der Waals surface area contributed by atoms with E-state index in [1.165, 1.54) is 11.9 Å². The molecule has 4 nitrogen and oxygen atoms in total. The molecule has 1 heterocycles. The van der Waals surface area contributed by atoms with Crippen molar-refractivity contribution >= 4 is 6.08 Å². The maximum absolute atomic E-state index is 11.4. The van der Waals surface area contributed by atoms with E-state index in [9.17, 15) is 5.11 Å². The van der Waals surface area contributed by atoms with E-state index in [1.54, 1.807) is 11.0 Å². The van der Waals surface area contributed by atoms with Crippen LogP contribution in [0.3, 0.4) is 0 Å². The lowest BCUT2D eigenvalue weighted by atomic mass is 9.76. The summed E-state index contributed by atoms with van der Waals surface area (Å²) in [6.07, 6.45) is 7.18. The van der Waals surface area contributed by atoms with Gasteiger partial charge in [0.2, 0.25) is 0 Å². The third-order valence-corrected chi connectivity index (χ3v) is 4.95. The first kappa shape index (κ1) is 15.0. The molecule has 0 amide bonds. The van der Waals surface area contributed by atoms with Gasteiger partial charge in [0.1, 0.15) is 18.3 Å². The average molecular weight is 297 g/mol. The van der Waals surface area contributed by atoms with Gasteiger partial charge < -0.3 is 5.11 Å². The van der Waals surface area contributed by atoms with Gasteiger partial charge >= 0.3 is 0 Å². The van der Waals surface area contributed by atoms with Gasteiger partial charge in [-0.25, -0.2) is 9.67 Å². The van der Waals surface area contributed by atoms with Crippen molar-refractivity contribution < 1.29 is 5.11 Å². The van der Waals surface area contributed by atoms with Crippen molar-refractivity contribution in [3.8, 4) is 0 Å². The Bertz CT molecular complexity index is 671. The molecule has 0 saturated heterocycles. The summed E-state index contributed by atoms with van der Waals surface area (Å²) in [4.78, 5) is 3.98. The van der Waals surface area contributed by atoms with Crippen molar-refractivity contribution in [3.05, 3.63) is 53.6 Å². The molecule has 1 atom stereocenters. The molecular formula is C18H23N3O. The van der Waals surface area contributed by atoms with Gasteiger partial charge in [0.15, 0.2) is 0 Å². The minimum absolute atomic E-state index is 0.185. The predicted octanol–water partition coefficient (Wildman–Crippen LogP) is 3.22. The monoisotopic (exact) mass is 297 g/mol. The molecule has 0 radical (unpaired) electrons. The number of aryl methyl sites for hydroxylation is 1. The van der Waals surface area contributed by atoms with Crippen LogP contribution >= 0.6 is 0 Å². The molecule has 1 aliphatic carbocycles. The number of rotatable bonds is 3. The maximum Gasteiger partial charge on any atom is 0.137 e. The highest BCUT2D eigenvalue weighted by molar-refractivity contribution is 5.57. The van der Waals surface area contributed by atoms with Crippen LogP contribution in [0.15, 0.2) is 42.5 Å². The van der Waals surface area contributed by atoms with Gasteiger partial charge in [-0.3, -0.25) is 0 Å². The molecule has 1 aliphatic rings. The predicted molar refractivity (Wildman–Crippen MR) is 87.1 cm³/mol. The van der Waals surface area contributed by atoms with Crippen LogP contribution in [0.1, 0.15) is 37.8 Å². The van der Waals surface area contributed by atoms with Crippen LogP contribution in [0.25, 0.3) is 6.08 Å². The van der Waals surface area contributed by atoms with E-state index in [2.05, 4.69) is 61.2 Å². The van der Waals surface area contributed by atoms with Gasteiger partial charge in [-0.2, -0.15) is 5.10 Å². The molecule has 3 rings (SSSR count). The van der Waals surface area contributed by atoms with Gasteiger partial charge in [0.05, 0.1) is 6.54 Å². The van der Waals surface area contributed by atoms with E-state index in [0.717, 1.165) is 24.0 Å². The Balaban J connectivity index is 1.97. The van der Waals surface area contributed by atoms with Crippen LogP contribution in [-0.4, -0.2) is 25.5 Å². The fraction of sp³-hybridized carbons (Fsp3) is 0.444. The molecular weight excluding hydrogens is 274 g/mol. The van der Waals surface area contributed by atoms with Crippen molar-refractivity contribution in [3.63, 3.8) is 0 Å². The first-order valence-electron chi connectivity index (χ1n) is 7.73. The molecule has 2 aromatic rings. The fourth-order valence-corrected chi connectivity index (χ4v) is 3.22. The Morgan fingerprint density at radius 2 is 2.00 bits per heavy atom. The third-order valence-electron chi connectivity index (χ3n) is 4.95. The zero-order chi connectivity index (χ0) is 15.8. The number of aliphatic hydroxyl groups is 1. The van der Waals surface area contributed by atoms with Crippen LogP contribution in [-0.2, 0) is 6.54 Å². The molecule has 1 N–H and O–H groups in total. The van der Waals surface area contributed by atoms with E-state index < -0.39 is 5.60 Å². The second kappa shape index (κ2) is 5.36. The lowest BCUT2D eigenvalue weighted by Crippen LogP contribution is -2.45. The molecule has 0 spiro atoms. The third kappa shape index (κ3) is 2.59. The fourth-order valence-electron chi connectivity index (χ4n) is 3.22.